The van der Waals surface area contributed by atoms with Crippen molar-refractivity contribution >= 4 is 6.03 Å². The van der Waals surface area contributed by atoms with Crippen LogP contribution in [0.1, 0.15) is 51.9 Å². The molecule has 0 aromatic heterocycles. The molecule has 1 aliphatic carbocycles. The molecule has 2 N–H and O–H groups in total. The van der Waals surface area contributed by atoms with Gasteiger partial charge in [0.1, 0.15) is 0 Å². The van der Waals surface area contributed by atoms with Crippen LogP contribution in [0.4, 0.5) is 18.0 Å². The molecule has 1 heterocycles. The zero-order valence-corrected chi connectivity index (χ0v) is 12.9. The van der Waals surface area contributed by atoms with Crippen molar-refractivity contribution in [3.8, 4) is 0 Å². The van der Waals surface area contributed by atoms with Crippen LogP contribution in [-0.4, -0.2) is 37.0 Å². The first-order chi connectivity index (χ1) is 10.4. The van der Waals surface area contributed by atoms with Crippen LogP contribution in [-0.2, 0) is 4.74 Å². The van der Waals surface area contributed by atoms with E-state index in [0.717, 1.165) is 25.9 Å². The van der Waals surface area contributed by atoms with Crippen LogP contribution in [0.5, 0.6) is 0 Å². The number of nitrogens with one attached hydrogen (secondary N) is 2. The predicted molar refractivity (Wildman–Crippen MR) is 76.5 cm³/mol. The summed E-state index contributed by atoms with van der Waals surface area (Å²) in [5.41, 5.74) is 0. The first kappa shape index (κ1) is 17.4. The molecule has 2 aliphatic rings. The summed E-state index contributed by atoms with van der Waals surface area (Å²) in [5.74, 6) is -1.22. The van der Waals surface area contributed by atoms with Gasteiger partial charge in [-0.15, -0.1) is 0 Å². The number of alkyl halides is 3. The molecule has 1 saturated heterocycles. The quantitative estimate of drug-likeness (QED) is 0.834. The number of ether oxygens (including phenoxy) is 1. The minimum Gasteiger partial charge on any atom is -0.376 e. The normalized spacial score (nSPS) is 30.8. The molecule has 0 spiro atoms. The van der Waals surface area contributed by atoms with Crippen LogP contribution in [0, 0.1) is 5.92 Å². The number of urea groups is 1. The summed E-state index contributed by atoms with van der Waals surface area (Å²) in [7, 11) is 0. The lowest BCUT2D eigenvalue weighted by molar-refractivity contribution is -0.182. The summed E-state index contributed by atoms with van der Waals surface area (Å²) in [5, 5.41) is 5.71. The molecule has 2 rings (SSSR count). The fourth-order valence-corrected chi connectivity index (χ4v) is 3.34. The highest BCUT2D eigenvalue weighted by Crippen LogP contribution is 2.37. The second-order valence-corrected chi connectivity index (χ2v) is 6.27. The maximum Gasteiger partial charge on any atom is 0.391 e. The van der Waals surface area contributed by atoms with Crippen LogP contribution in [0.25, 0.3) is 0 Å². The van der Waals surface area contributed by atoms with E-state index in [4.69, 9.17) is 4.74 Å². The first-order valence-electron chi connectivity index (χ1n) is 8.15. The molecule has 128 valence electrons. The molecule has 0 aromatic carbocycles. The van der Waals surface area contributed by atoms with Gasteiger partial charge in [-0.25, -0.2) is 4.79 Å². The minimum atomic E-state index is -4.11. The fraction of sp³-hybridized carbons (Fsp3) is 0.933. The lowest BCUT2D eigenvalue weighted by Crippen LogP contribution is -2.50. The van der Waals surface area contributed by atoms with Crippen LogP contribution < -0.4 is 10.6 Å². The van der Waals surface area contributed by atoms with E-state index in [9.17, 15) is 18.0 Å². The standard InChI is InChI=1S/C15H25F3N2O2/c1-2-12(13-4-3-9-22-13)20-14(21)19-11-7-5-10(6-8-11)15(16,17)18/h10-13H,2-9H2,1H3,(H2,19,20,21)/t10?,11?,12-,13+/m1/s1. The lowest BCUT2D eigenvalue weighted by atomic mass is 9.85. The van der Waals surface area contributed by atoms with Gasteiger partial charge in [-0.1, -0.05) is 6.92 Å². The Labute approximate surface area is 129 Å². The third-order valence-corrected chi connectivity index (χ3v) is 4.70. The van der Waals surface area contributed by atoms with Crippen molar-refractivity contribution in [3.63, 3.8) is 0 Å². The molecule has 2 amide bonds. The van der Waals surface area contributed by atoms with E-state index >= 15 is 0 Å². The molecular formula is C15H25F3N2O2. The highest BCUT2D eigenvalue weighted by molar-refractivity contribution is 5.74. The fourth-order valence-electron chi connectivity index (χ4n) is 3.34. The maximum atomic E-state index is 12.6. The SMILES string of the molecule is CC[C@@H](NC(=O)NC1CCC(C(F)(F)F)CC1)[C@@H]1CCCO1. The van der Waals surface area contributed by atoms with Crippen LogP contribution in [0.2, 0.25) is 0 Å². The number of halogens is 3. The number of rotatable bonds is 4. The summed E-state index contributed by atoms with van der Waals surface area (Å²) in [6.07, 6.45) is -0.380. The second kappa shape index (κ2) is 7.53. The maximum absolute atomic E-state index is 12.6. The molecule has 2 atom stereocenters. The molecular weight excluding hydrogens is 297 g/mol. The molecule has 0 bridgehead atoms. The van der Waals surface area contributed by atoms with Gasteiger partial charge >= 0.3 is 12.2 Å². The van der Waals surface area contributed by atoms with Gasteiger partial charge in [-0.05, 0) is 44.9 Å². The Kier molecular flexibility index (Phi) is 5.94. The van der Waals surface area contributed by atoms with E-state index in [0.29, 0.717) is 12.8 Å². The Morgan fingerprint density at radius 3 is 2.41 bits per heavy atom. The third kappa shape index (κ3) is 4.76. The molecule has 22 heavy (non-hydrogen) atoms. The largest absolute Gasteiger partial charge is 0.391 e. The van der Waals surface area contributed by atoms with Crippen molar-refractivity contribution < 1.29 is 22.7 Å². The summed E-state index contributed by atoms with van der Waals surface area (Å²) < 4.78 is 43.4. The van der Waals surface area contributed by atoms with Gasteiger partial charge in [0, 0.05) is 12.6 Å². The molecule has 0 aromatic rings. The second-order valence-electron chi connectivity index (χ2n) is 6.27. The molecule has 1 aliphatic heterocycles. The summed E-state index contributed by atoms with van der Waals surface area (Å²) in [6, 6.07) is -0.493. The Hall–Kier alpha value is -0.980. The Bertz CT molecular complexity index is 362. The number of hydrogen-bond acceptors (Lipinski definition) is 2. The van der Waals surface area contributed by atoms with Gasteiger partial charge in [0.15, 0.2) is 0 Å². The average Bonchev–Trinajstić information content (AvgIpc) is 2.98. The smallest absolute Gasteiger partial charge is 0.376 e. The highest BCUT2D eigenvalue weighted by Gasteiger charge is 2.41. The van der Waals surface area contributed by atoms with E-state index in [1.807, 2.05) is 6.92 Å². The molecule has 2 fully saturated rings. The van der Waals surface area contributed by atoms with Crippen molar-refractivity contribution in [3.05, 3.63) is 0 Å². The summed E-state index contributed by atoms with van der Waals surface area (Å²) in [6.45, 7) is 2.72. The Morgan fingerprint density at radius 1 is 1.23 bits per heavy atom. The Balaban J connectivity index is 1.73. The van der Waals surface area contributed by atoms with Gasteiger partial charge in [0.2, 0.25) is 0 Å². The van der Waals surface area contributed by atoms with E-state index in [-0.39, 0.29) is 37.1 Å². The minimum absolute atomic E-state index is 0.0333. The lowest BCUT2D eigenvalue weighted by Gasteiger charge is -2.31. The van der Waals surface area contributed by atoms with Crippen molar-refractivity contribution in [1.82, 2.24) is 10.6 Å². The molecule has 4 nitrogen and oxygen atoms in total. The van der Waals surface area contributed by atoms with E-state index in [1.54, 1.807) is 0 Å². The van der Waals surface area contributed by atoms with E-state index in [2.05, 4.69) is 10.6 Å². The zero-order chi connectivity index (χ0) is 16.2. The number of carbonyl (C=O) groups is 1. The molecule has 0 unspecified atom stereocenters. The predicted octanol–water partition coefficient (Wildman–Crippen LogP) is 3.36. The van der Waals surface area contributed by atoms with Gasteiger partial charge < -0.3 is 15.4 Å². The topological polar surface area (TPSA) is 50.4 Å². The number of hydrogen-bond donors (Lipinski definition) is 2. The van der Waals surface area contributed by atoms with E-state index in [1.165, 1.54) is 0 Å². The van der Waals surface area contributed by atoms with Crippen molar-refractivity contribution in [2.24, 2.45) is 5.92 Å². The van der Waals surface area contributed by atoms with E-state index < -0.39 is 12.1 Å². The van der Waals surface area contributed by atoms with Crippen LogP contribution >= 0.6 is 0 Å². The molecule has 0 radical (unpaired) electrons. The summed E-state index contributed by atoms with van der Waals surface area (Å²) >= 11 is 0. The molecule has 1 saturated carbocycles. The monoisotopic (exact) mass is 322 g/mol. The Morgan fingerprint density at radius 2 is 1.91 bits per heavy atom. The third-order valence-electron chi connectivity index (χ3n) is 4.70. The summed E-state index contributed by atoms with van der Waals surface area (Å²) in [4.78, 5) is 12.0. The first-order valence-corrected chi connectivity index (χ1v) is 8.15. The highest BCUT2D eigenvalue weighted by atomic mass is 19.4. The zero-order valence-electron chi connectivity index (χ0n) is 12.9. The van der Waals surface area contributed by atoms with Gasteiger partial charge in [-0.3, -0.25) is 0 Å². The van der Waals surface area contributed by atoms with Gasteiger partial charge in [0.25, 0.3) is 0 Å². The molecule has 7 heteroatoms. The van der Waals surface area contributed by atoms with Gasteiger partial charge in [-0.2, -0.15) is 13.2 Å². The van der Waals surface area contributed by atoms with Gasteiger partial charge in [0.05, 0.1) is 18.1 Å². The van der Waals surface area contributed by atoms with Crippen molar-refractivity contribution in [2.45, 2.75) is 76.2 Å². The van der Waals surface area contributed by atoms with Crippen LogP contribution in [0.3, 0.4) is 0 Å². The number of carbonyl (C=O) groups excluding carboxylic acids is 1. The van der Waals surface area contributed by atoms with Crippen LogP contribution in [0.15, 0.2) is 0 Å². The average molecular weight is 322 g/mol. The van der Waals surface area contributed by atoms with Crippen molar-refractivity contribution in [1.29, 1.82) is 0 Å². The number of amides is 2. The van der Waals surface area contributed by atoms with Crippen molar-refractivity contribution in [2.75, 3.05) is 6.61 Å².